The quantitative estimate of drug-likeness (QED) is 0.286. The van der Waals surface area contributed by atoms with Gasteiger partial charge in [0, 0.05) is 22.3 Å². The first-order chi connectivity index (χ1) is 23.7. The lowest BCUT2D eigenvalue weighted by Gasteiger charge is -2.63. The van der Waals surface area contributed by atoms with E-state index in [0.717, 1.165) is 22.8 Å². The van der Waals surface area contributed by atoms with Crippen LogP contribution in [0.3, 0.4) is 0 Å². The molecule has 5 aliphatic rings. The number of ether oxygens (including phenoxy) is 3. The molecular formula is C38H38F2O10. The van der Waals surface area contributed by atoms with Gasteiger partial charge in [-0.25, -0.2) is 18.4 Å². The summed E-state index contributed by atoms with van der Waals surface area (Å²) in [4.78, 5) is 49.5. The van der Waals surface area contributed by atoms with E-state index >= 15 is 8.78 Å². The Morgan fingerprint density at radius 2 is 1.62 bits per heavy atom. The second kappa shape index (κ2) is 12.0. The minimum absolute atomic E-state index is 0.0332. The number of alkyl halides is 2. The van der Waals surface area contributed by atoms with Crippen molar-refractivity contribution in [2.45, 2.75) is 82.1 Å². The Balaban J connectivity index is 1.22. The Morgan fingerprint density at radius 1 is 0.980 bits per heavy atom. The van der Waals surface area contributed by atoms with E-state index in [2.05, 4.69) is 0 Å². The smallest absolute Gasteiger partial charge is 0.417 e. The third-order valence-electron chi connectivity index (χ3n) is 12.2. The molecule has 0 unspecified atom stereocenters. The highest BCUT2D eigenvalue weighted by Crippen LogP contribution is 2.72. The molecule has 12 heteroatoms. The second-order valence-corrected chi connectivity index (χ2v) is 14.6. The highest BCUT2D eigenvalue weighted by molar-refractivity contribution is 6.28. The number of aliphatic hydroxyl groups excluding tert-OH is 2. The number of hydrogen-bond acceptors (Lipinski definition) is 9. The van der Waals surface area contributed by atoms with Gasteiger partial charge in [-0.3, -0.25) is 9.59 Å². The number of ketones is 2. The van der Waals surface area contributed by atoms with Crippen LogP contribution < -0.4 is 0 Å². The summed E-state index contributed by atoms with van der Waals surface area (Å²) in [6.07, 6.45) is -1.96. The number of rotatable bonds is 7. The molecule has 2 aromatic carbocycles. The average molecular weight is 693 g/mol. The summed E-state index contributed by atoms with van der Waals surface area (Å²) in [7, 11) is 0. The van der Waals surface area contributed by atoms with E-state index in [4.69, 9.17) is 19.3 Å². The van der Waals surface area contributed by atoms with Crippen LogP contribution in [-0.4, -0.2) is 75.1 Å². The minimum Gasteiger partial charge on any atom is -0.473 e. The number of carboxylic acid groups (broad SMARTS) is 1. The molecule has 10 nitrogen and oxygen atoms in total. The van der Waals surface area contributed by atoms with Crippen molar-refractivity contribution in [3.63, 3.8) is 0 Å². The number of aliphatic carboxylic acids is 1. The first-order valence-corrected chi connectivity index (χ1v) is 16.7. The normalized spacial score (nSPS) is 38.4. The maximum Gasteiger partial charge on any atom is 0.417 e. The number of hydrogen-bond donors (Lipinski definition) is 3. The van der Waals surface area contributed by atoms with E-state index < -0.39 is 88.7 Å². The number of carboxylic acids is 1. The molecule has 10 atom stereocenters. The molecule has 1 aliphatic heterocycles. The number of fused-ring (bicyclic) bond motifs is 7. The summed E-state index contributed by atoms with van der Waals surface area (Å²) in [5.74, 6) is -6.70. The fourth-order valence-corrected chi connectivity index (χ4v) is 9.69. The van der Waals surface area contributed by atoms with Crippen LogP contribution in [0.2, 0.25) is 0 Å². The lowest BCUT2D eigenvalue weighted by molar-refractivity contribution is -0.235. The Hall–Kier alpha value is -4.10. The minimum atomic E-state index is -2.41. The van der Waals surface area contributed by atoms with Gasteiger partial charge in [0.25, 0.3) is 0 Å². The van der Waals surface area contributed by atoms with Crippen LogP contribution in [-0.2, 0) is 46.4 Å². The van der Waals surface area contributed by atoms with Crippen molar-refractivity contribution in [3.8, 4) is 0 Å². The Labute approximate surface area is 286 Å². The highest BCUT2D eigenvalue weighted by atomic mass is 19.1. The fraction of sp³-hybridized carbons (Fsp3) is 0.474. The number of benzene rings is 2. The maximum absolute atomic E-state index is 17.7. The molecule has 1 saturated heterocycles. The molecule has 0 spiro atoms. The number of Topliss-reactive ketones (excluding diaryl/α,β-unsaturated/α-hetero) is 1. The first kappa shape index (κ1) is 34.4. The van der Waals surface area contributed by atoms with Crippen LogP contribution in [0.15, 0.2) is 72.3 Å². The summed E-state index contributed by atoms with van der Waals surface area (Å²) >= 11 is 0. The zero-order valence-corrected chi connectivity index (χ0v) is 27.5. The van der Waals surface area contributed by atoms with Crippen molar-refractivity contribution in [3.05, 3.63) is 94.6 Å². The number of carbonyl (C=O) groups excluding carboxylic acids is 3. The summed E-state index contributed by atoms with van der Waals surface area (Å²) in [6.45, 7) is 2.11. The number of carbonyl (C=O) groups is 4. The summed E-state index contributed by atoms with van der Waals surface area (Å²) in [6, 6.07) is 14.9. The number of allylic oxidation sites excluding steroid dienone is 4. The molecule has 0 bridgehead atoms. The highest BCUT2D eigenvalue weighted by Gasteiger charge is 2.80. The van der Waals surface area contributed by atoms with Crippen LogP contribution in [0, 0.1) is 22.7 Å². The second-order valence-electron chi connectivity index (χ2n) is 14.6. The van der Waals surface area contributed by atoms with Gasteiger partial charge in [-0.15, -0.1) is 0 Å². The molecule has 7 rings (SSSR count). The predicted octanol–water partition coefficient (Wildman–Crippen LogP) is 4.05. The third-order valence-corrected chi connectivity index (χ3v) is 12.2. The molecule has 3 saturated carbocycles. The largest absolute Gasteiger partial charge is 0.473 e. The molecule has 264 valence electrons. The van der Waals surface area contributed by atoms with Crippen molar-refractivity contribution >= 4 is 23.5 Å². The van der Waals surface area contributed by atoms with Gasteiger partial charge in [0.1, 0.15) is 6.17 Å². The van der Waals surface area contributed by atoms with E-state index in [0.29, 0.717) is 12.0 Å². The standard InChI is InChI=1S/C38H38F2O10/c1-35-12-11-24(42)14-27(35)28(39)15-26-25-16-31-38(30(44)19-48-33(47)32(45)46,36(25,2)17-29(43)37(26,35)40)50-34(49-31)23-9-7-21(8-10-23)13-20-3-5-22(18-41)6-4-20/h3-12,14,25-26,28-29,31,34,41,43H,13,15-19H2,1-2H3,(H,45,46)/t25-,26-,28-,29-,31+,34+,35-,36-,37-,38+/m0/s1. The van der Waals surface area contributed by atoms with E-state index in [-0.39, 0.29) is 31.4 Å². The Kier molecular flexibility index (Phi) is 8.25. The molecule has 50 heavy (non-hydrogen) atoms. The first-order valence-electron chi connectivity index (χ1n) is 16.7. The zero-order valence-electron chi connectivity index (χ0n) is 27.5. The van der Waals surface area contributed by atoms with Gasteiger partial charge < -0.3 is 29.5 Å². The fourth-order valence-electron chi connectivity index (χ4n) is 9.69. The van der Waals surface area contributed by atoms with Crippen LogP contribution >= 0.6 is 0 Å². The lowest BCUT2D eigenvalue weighted by atomic mass is 9.44. The van der Waals surface area contributed by atoms with Crippen molar-refractivity contribution in [1.82, 2.24) is 0 Å². The monoisotopic (exact) mass is 692 g/mol. The van der Waals surface area contributed by atoms with Crippen LogP contribution in [0.5, 0.6) is 0 Å². The molecule has 3 N–H and O–H groups in total. The SMILES string of the molecule is C[C@]12C=CC(=O)C=C1[C@@H](F)C[C@H]1[C@@H]3C[C@H]4O[C@@H](c5ccc(Cc6ccc(CO)cc6)cc5)O[C@@]4(C(=O)COC(=O)C(=O)O)[C@@]3(C)C[C@H](O)[C@@]12F. The summed E-state index contributed by atoms with van der Waals surface area (Å²) < 4.78 is 51.5. The van der Waals surface area contributed by atoms with Gasteiger partial charge in [0.05, 0.1) is 18.8 Å². The molecule has 1 heterocycles. The number of aliphatic hydroxyl groups is 2. The predicted molar refractivity (Wildman–Crippen MR) is 171 cm³/mol. The van der Waals surface area contributed by atoms with Crippen LogP contribution in [0.1, 0.15) is 61.7 Å². The molecule has 0 aromatic heterocycles. The van der Waals surface area contributed by atoms with Gasteiger partial charge in [-0.05, 0) is 72.9 Å². The molecule has 4 aliphatic carbocycles. The Morgan fingerprint density at radius 3 is 2.26 bits per heavy atom. The third kappa shape index (κ3) is 4.86. The molecule has 0 amide bonds. The molecule has 0 radical (unpaired) electrons. The lowest BCUT2D eigenvalue weighted by Crippen LogP contribution is -2.70. The molecule has 4 fully saturated rings. The van der Waals surface area contributed by atoms with Gasteiger partial charge in [-0.1, -0.05) is 61.5 Å². The van der Waals surface area contributed by atoms with Crippen LogP contribution in [0.4, 0.5) is 8.78 Å². The molecular weight excluding hydrogens is 654 g/mol. The molecule has 2 aromatic rings. The van der Waals surface area contributed by atoms with E-state index in [9.17, 15) is 29.4 Å². The number of esters is 1. The van der Waals surface area contributed by atoms with Crippen molar-refractivity contribution < 1.29 is 57.5 Å². The Bertz CT molecular complexity index is 1810. The van der Waals surface area contributed by atoms with E-state index in [1.807, 2.05) is 36.4 Å². The van der Waals surface area contributed by atoms with Crippen molar-refractivity contribution in [2.75, 3.05) is 6.61 Å². The van der Waals surface area contributed by atoms with Gasteiger partial charge in [0.15, 0.2) is 29.9 Å². The van der Waals surface area contributed by atoms with E-state index in [1.165, 1.54) is 19.1 Å². The van der Waals surface area contributed by atoms with Gasteiger partial charge in [-0.2, -0.15) is 0 Å². The van der Waals surface area contributed by atoms with E-state index in [1.54, 1.807) is 19.1 Å². The summed E-state index contributed by atoms with van der Waals surface area (Å²) in [5, 5.41) is 30.2. The zero-order chi connectivity index (χ0) is 35.8. The summed E-state index contributed by atoms with van der Waals surface area (Å²) in [5.41, 5.74) is -4.01. The van der Waals surface area contributed by atoms with Crippen molar-refractivity contribution in [2.24, 2.45) is 22.7 Å². The maximum atomic E-state index is 17.7. The van der Waals surface area contributed by atoms with Crippen molar-refractivity contribution in [1.29, 1.82) is 0 Å². The number of halogens is 2. The van der Waals surface area contributed by atoms with Crippen LogP contribution in [0.25, 0.3) is 0 Å². The van der Waals surface area contributed by atoms with Gasteiger partial charge >= 0.3 is 11.9 Å². The van der Waals surface area contributed by atoms with Gasteiger partial charge in [0.2, 0.25) is 5.78 Å². The average Bonchev–Trinajstić information content (AvgIpc) is 3.59. The topological polar surface area (TPSA) is 157 Å².